The molecule has 3 rings (SSSR count). The van der Waals surface area contributed by atoms with Crippen molar-refractivity contribution in [3.8, 4) is 0 Å². The van der Waals surface area contributed by atoms with Gasteiger partial charge in [0, 0.05) is 25.9 Å². The van der Waals surface area contributed by atoms with Crippen molar-refractivity contribution >= 4 is 55.1 Å². The fourth-order valence-electron chi connectivity index (χ4n) is 3.02. The number of nitrogens with zero attached hydrogens (tertiary/aromatic N) is 1. The van der Waals surface area contributed by atoms with Crippen molar-refractivity contribution in [2.45, 2.75) is 53.9 Å². The molecule has 1 N–H and O–H groups in total. The largest absolute Gasteiger partial charge is 0.321 e. The van der Waals surface area contributed by atoms with Crippen LogP contribution in [0.1, 0.15) is 61.3 Å². The van der Waals surface area contributed by atoms with Gasteiger partial charge in [0.1, 0.15) is 5.69 Å². The number of para-hydroxylation sites is 1. The van der Waals surface area contributed by atoms with Gasteiger partial charge in [0.15, 0.2) is 0 Å². The molecule has 1 aromatic heterocycles. The molecule has 6 heteroatoms. The summed E-state index contributed by atoms with van der Waals surface area (Å²) < 4.78 is 1.88. The van der Waals surface area contributed by atoms with E-state index in [0.29, 0.717) is 5.69 Å². The minimum Gasteiger partial charge on any atom is -0.321 e. The highest BCUT2D eigenvalue weighted by atomic mass is 79.9. The lowest BCUT2D eigenvalue weighted by Crippen LogP contribution is -2.16. The van der Waals surface area contributed by atoms with E-state index in [0.717, 1.165) is 44.5 Å². The second-order valence-corrected chi connectivity index (χ2v) is 8.71. The number of pyridine rings is 1. The third-order valence-electron chi connectivity index (χ3n) is 4.49. The summed E-state index contributed by atoms with van der Waals surface area (Å²) in [6.07, 6.45) is 4.16. The quantitative estimate of drug-likeness (QED) is 0.315. The second kappa shape index (κ2) is 15.2. The monoisotopic (exact) mass is 580 g/mol. The summed E-state index contributed by atoms with van der Waals surface area (Å²) >= 11 is 13.2. The molecule has 3 nitrogen and oxygen atoms in total. The molecule has 2 aromatic carbocycles. The molecule has 0 unspecified atom stereocenters. The fraction of sp³-hybridized carbons (Fsp3) is 0.308. The van der Waals surface area contributed by atoms with Gasteiger partial charge in [-0.1, -0.05) is 73.4 Å². The maximum absolute atomic E-state index is 12.7. The average Bonchev–Trinajstić information content (AvgIpc) is 2.80. The maximum Gasteiger partial charge on any atom is 0.274 e. The molecule has 0 radical (unpaired) electrons. The van der Waals surface area contributed by atoms with Crippen molar-refractivity contribution in [2.24, 2.45) is 0 Å². The molecule has 3 aromatic rings. The molecule has 0 saturated carbocycles. The Morgan fingerprint density at radius 1 is 0.969 bits per heavy atom. The first-order valence-electron chi connectivity index (χ1n) is 10.9. The molecule has 0 saturated heterocycles. The predicted molar refractivity (Wildman–Crippen MR) is 145 cm³/mol. The molecule has 0 aliphatic rings. The topological polar surface area (TPSA) is 42.0 Å². The van der Waals surface area contributed by atoms with Gasteiger partial charge in [-0.2, -0.15) is 0 Å². The Kier molecular flexibility index (Phi) is 13.5. The van der Waals surface area contributed by atoms with Crippen LogP contribution in [0.25, 0.3) is 0 Å². The number of halogens is 3. The second-order valence-electron chi connectivity index (χ2n) is 6.51. The summed E-state index contributed by atoms with van der Waals surface area (Å²) in [6, 6.07) is 15.3. The lowest BCUT2D eigenvalue weighted by Gasteiger charge is -2.12. The summed E-state index contributed by atoms with van der Waals surface area (Å²) in [4.78, 5) is 17.1. The summed E-state index contributed by atoms with van der Waals surface area (Å²) in [5, 5.41) is 3.63. The van der Waals surface area contributed by atoms with Crippen molar-refractivity contribution in [2.75, 3.05) is 5.32 Å². The van der Waals surface area contributed by atoms with Crippen molar-refractivity contribution in [3.63, 3.8) is 0 Å². The molecular formula is C26H31Br2ClN2O. The number of benzene rings is 2. The highest BCUT2D eigenvalue weighted by molar-refractivity contribution is 9.10. The number of rotatable bonds is 6. The summed E-state index contributed by atoms with van der Waals surface area (Å²) in [6.45, 7) is 10.1. The smallest absolute Gasteiger partial charge is 0.274 e. The average molecular weight is 583 g/mol. The van der Waals surface area contributed by atoms with E-state index < -0.39 is 0 Å². The van der Waals surface area contributed by atoms with Crippen molar-refractivity contribution in [1.29, 1.82) is 0 Å². The lowest BCUT2D eigenvalue weighted by molar-refractivity contribution is 0.102. The van der Waals surface area contributed by atoms with Crippen LogP contribution in [0.3, 0.4) is 0 Å². The van der Waals surface area contributed by atoms with Crippen LogP contribution in [0, 0.1) is 6.92 Å². The van der Waals surface area contributed by atoms with Gasteiger partial charge in [-0.3, -0.25) is 4.79 Å². The molecule has 32 heavy (non-hydrogen) atoms. The number of hydrogen-bond acceptors (Lipinski definition) is 2. The van der Waals surface area contributed by atoms with Gasteiger partial charge in [0.25, 0.3) is 5.91 Å². The van der Waals surface area contributed by atoms with E-state index in [-0.39, 0.29) is 5.91 Å². The molecular weight excluding hydrogens is 552 g/mol. The van der Waals surface area contributed by atoms with Crippen LogP contribution in [0.4, 0.5) is 5.69 Å². The van der Waals surface area contributed by atoms with Crippen molar-refractivity contribution in [3.05, 3.63) is 91.1 Å². The van der Waals surface area contributed by atoms with Gasteiger partial charge < -0.3 is 5.32 Å². The highest BCUT2D eigenvalue weighted by Crippen LogP contribution is 2.26. The molecule has 0 spiro atoms. The number of anilines is 1. The van der Waals surface area contributed by atoms with Crippen LogP contribution in [-0.2, 0) is 12.8 Å². The van der Waals surface area contributed by atoms with E-state index in [2.05, 4.69) is 49.1 Å². The Labute approximate surface area is 214 Å². The molecule has 0 aliphatic carbocycles. The number of hydrogen-bond donors (Lipinski definition) is 1. The first-order valence-corrected chi connectivity index (χ1v) is 12.9. The summed E-state index contributed by atoms with van der Waals surface area (Å²) in [5.41, 5.74) is 4.52. The number of carbonyl (C=O) groups is 1. The molecule has 172 valence electrons. The Morgan fingerprint density at radius 3 is 2.25 bits per heavy atom. The van der Waals surface area contributed by atoms with E-state index in [9.17, 15) is 4.79 Å². The van der Waals surface area contributed by atoms with Crippen LogP contribution < -0.4 is 5.32 Å². The number of amides is 1. The van der Waals surface area contributed by atoms with Crippen molar-refractivity contribution < 1.29 is 4.79 Å². The Balaban J connectivity index is 0.00000121. The predicted octanol–water partition coefficient (Wildman–Crippen LogP) is 9.05. The maximum atomic E-state index is 12.7. The zero-order valence-electron chi connectivity index (χ0n) is 19.3. The minimum absolute atomic E-state index is 0.199. The first kappa shape index (κ1) is 28.3. The van der Waals surface area contributed by atoms with Crippen LogP contribution >= 0.6 is 43.5 Å². The van der Waals surface area contributed by atoms with E-state index in [1.165, 1.54) is 11.1 Å². The van der Waals surface area contributed by atoms with Gasteiger partial charge in [-0.25, -0.2) is 4.98 Å². The third kappa shape index (κ3) is 8.68. The molecule has 0 bridgehead atoms. The zero-order chi connectivity index (χ0) is 24.1. The standard InChI is InChI=1S/C22H19Br2ClN2O.2C2H6/c1-14-15(11-18(25)12-20(14)24)6-5-7-16-10-17(23)13-26-21(16)22(28)27-19-8-3-2-4-9-19;2*1-2/h2-4,8-13H,5-7H2,1H3,(H,27,28);2*1-2H3. The van der Waals surface area contributed by atoms with Gasteiger partial charge >= 0.3 is 0 Å². The zero-order valence-corrected chi connectivity index (χ0v) is 23.2. The number of aromatic nitrogens is 1. The molecule has 0 aliphatic heterocycles. The Hall–Kier alpha value is -1.69. The van der Waals surface area contributed by atoms with E-state index in [1.54, 1.807) is 6.20 Å². The third-order valence-corrected chi connectivity index (χ3v) is 5.96. The highest BCUT2D eigenvalue weighted by Gasteiger charge is 2.14. The molecule has 0 fully saturated rings. The van der Waals surface area contributed by atoms with Crippen molar-refractivity contribution in [1.82, 2.24) is 4.98 Å². The Bertz CT molecular complexity index is 995. The molecule has 0 atom stereocenters. The normalized spacial score (nSPS) is 9.75. The fourth-order valence-corrected chi connectivity index (χ4v) is 4.27. The number of aryl methyl sites for hydroxylation is 2. The SMILES string of the molecule is CC.CC.Cc1c(Br)cc(Cl)cc1CCCc1cc(Br)cnc1C(=O)Nc1ccccc1. The van der Waals surface area contributed by atoms with Gasteiger partial charge in [0.2, 0.25) is 0 Å². The van der Waals surface area contributed by atoms with Gasteiger partial charge in [0.05, 0.1) is 0 Å². The van der Waals surface area contributed by atoms with Crippen LogP contribution in [0.15, 0.2) is 63.7 Å². The first-order chi connectivity index (χ1) is 15.4. The van der Waals surface area contributed by atoms with Crippen LogP contribution in [0.5, 0.6) is 0 Å². The van der Waals surface area contributed by atoms with Gasteiger partial charge in [-0.05, 0) is 89.1 Å². The summed E-state index contributed by atoms with van der Waals surface area (Å²) in [7, 11) is 0. The number of carbonyl (C=O) groups excluding carboxylic acids is 1. The van der Waals surface area contributed by atoms with E-state index in [4.69, 9.17) is 11.6 Å². The Morgan fingerprint density at radius 2 is 1.59 bits per heavy atom. The molecule has 1 amide bonds. The van der Waals surface area contributed by atoms with Crippen LogP contribution in [-0.4, -0.2) is 10.9 Å². The molecule has 1 heterocycles. The minimum atomic E-state index is -0.199. The van der Waals surface area contributed by atoms with Gasteiger partial charge in [-0.15, -0.1) is 0 Å². The van der Waals surface area contributed by atoms with E-state index in [1.807, 2.05) is 76.2 Å². The lowest BCUT2D eigenvalue weighted by atomic mass is 9.99. The number of nitrogens with one attached hydrogen (secondary N) is 1. The summed E-state index contributed by atoms with van der Waals surface area (Å²) in [5.74, 6) is -0.199. The van der Waals surface area contributed by atoms with Crippen LogP contribution in [0.2, 0.25) is 5.02 Å². The van der Waals surface area contributed by atoms with E-state index >= 15 is 0 Å².